The smallest absolute Gasteiger partial charge is 0.255 e. The lowest BCUT2D eigenvalue weighted by Gasteiger charge is -2.20. The molecule has 0 bridgehead atoms. The van der Waals surface area contributed by atoms with E-state index in [1.807, 2.05) is 41.3 Å². The fourth-order valence-electron chi connectivity index (χ4n) is 3.29. The number of carbonyl (C=O) groups is 2. The van der Waals surface area contributed by atoms with Gasteiger partial charge >= 0.3 is 0 Å². The number of rotatable bonds is 5. The molecule has 28 heavy (non-hydrogen) atoms. The molecule has 8 heteroatoms. The summed E-state index contributed by atoms with van der Waals surface area (Å²) in [5, 5.41) is 4.82. The average Bonchev–Trinajstić information content (AvgIpc) is 3.31. The zero-order chi connectivity index (χ0) is 19.5. The molecular formula is C20H21N5O2S. The second kappa shape index (κ2) is 7.93. The third-order valence-corrected chi connectivity index (χ3v) is 5.78. The highest BCUT2D eigenvalue weighted by molar-refractivity contribution is 7.10. The molecule has 3 aromatic rings. The van der Waals surface area contributed by atoms with E-state index in [2.05, 4.69) is 15.3 Å². The third-order valence-electron chi connectivity index (χ3n) is 4.80. The van der Waals surface area contributed by atoms with Crippen LogP contribution in [0.25, 0.3) is 5.82 Å². The maximum Gasteiger partial charge on any atom is 0.255 e. The number of hydrogen-bond acceptors (Lipinski definition) is 5. The molecule has 0 saturated carbocycles. The van der Waals surface area contributed by atoms with Crippen molar-refractivity contribution in [2.24, 2.45) is 0 Å². The van der Waals surface area contributed by atoms with Crippen LogP contribution in [0.5, 0.6) is 0 Å². The molecule has 0 fully saturated rings. The molecule has 4 rings (SSSR count). The van der Waals surface area contributed by atoms with Gasteiger partial charge in [0.15, 0.2) is 0 Å². The van der Waals surface area contributed by atoms with Crippen molar-refractivity contribution in [3.8, 4) is 5.82 Å². The van der Waals surface area contributed by atoms with E-state index < -0.39 is 0 Å². The van der Waals surface area contributed by atoms with E-state index in [4.69, 9.17) is 0 Å². The quantitative estimate of drug-likeness (QED) is 0.719. The second-order valence-corrected chi connectivity index (χ2v) is 7.73. The zero-order valence-electron chi connectivity index (χ0n) is 15.6. The van der Waals surface area contributed by atoms with E-state index in [9.17, 15) is 9.59 Å². The van der Waals surface area contributed by atoms with Crippen LogP contribution in [-0.4, -0.2) is 44.3 Å². The highest BCUT2D eigenvalue weighted by atomic mass is 32.1. The molecule has 0 spiro atoms. The summed E-state index contributed by atoms with van der Waals surface area (Å²) in [7, 11) is 0. The van der Waals surface area contributed by atoms with Gasteiger partial charge in [0.2, 0.25) is 5.91 Å². The number of nitrogens with one attached hydrogen (secondary N) is 1. The van der Waals surface area contributed by atoms with Gasteiger partial charge in [-0.25, -0.2) is 9.97 Å². The summed E-state index contributed by atoms with van der Waals surface area (Å²) < 4.78 is 1.89. The molecule has 0 aliphatic carbocycles. The standard InChI is InChI=1S/C20H21N5O2S/c1-14-21-7-9-25(14)18-5-4-15(11-22-18)12-23-19(26)13-24-8-2-3-17-16(20(24)27)6-10-28-17/h4-7,9-11H,2-3,8,12-13H2,1H3,(H,23,26). The minimum Gasteiger partial charge on any atom is -0.350 e. The zero-order valence-corrected chi connectivity index (χ0v) is 16.4. The topological polar surface area (TPSA) is 80.1 Å². The Bertz CT molecular complexity index is 992. The lowest BCUT2D eigenvalue weighted by molar-refractivity contribution is -0.122. The number of nitrogens with zero attached hydrogens (tertiary/aromatic N) is 4. The Morgan fingerprint density at radius 3 is 2.93 bits per heavy atom. The van der Waals surface area contributed by atoms with Crippen molar-refractivity contribution in [2.45, 2.75) is 26.3 Å². The van der Waals surface area contributed by atoms with E-state index in [-0.39, 0.29) is 18.4 Å². The van der Waals surface area contributed by atoms with Crippen LogP contribution < -0.4 is 5.32 Å². The van der Waals surface area contributed by atoms with Crippen LogP contribution in [-0.2, 0) is 17.8 Å². The van der Waals surface area contributed by atoms with Crippen molar-refractivity contribution in [3.05, 3.63) is 64.0 Å². The van der Waals surface area contributed by atoms with Crippen LogP contribution in [0.1, 0.15) is 33.0 Å². The highest BCUT2D eigenvalue weighted by Crippen LogP contribution is 2.23. The molecule has 1 aliphatic rings. The van der Waals surface area contributed by atoms with Gasteiger partial charge < -0.3 is 10.2 Å². The Labute approximate surface area is 167 Å². The van der Waals surface area contributed by atoms with E-state index in [0.29, 0.717) is 13.1 Å². The normalized spacial score (nSPS) is 13.9. The van der Waals surface area contributed by atoms with Crippen molar-refractivity contribution >= 4 is 23.2 Å². The molecule has 0 radical (unpaired) electrons. The third kappa shape index (κ3) is 3.82. The fraction of sp³-hybridized carbons (Fsp3) is 0.300. The predicted molar refractivity (Wildman–Crippen MR) is 106 cm³/mol. The van der Waals surface area contributed by atoms with Gasteiger partial charge in [0, 0.05) is 36.6 Å². The van der Waals surface area contributed by atoms with E-state index in [1.54, 1.807) is 28.6 Å². The minimum absolute atomic E-state index is 0.0504. The first kappa shape index (κ1) is 18.4. The summed E-state index contributed by atoms with van der Waals surface area (Å²) in [6.07, 6.45) is 7.10. The van der Waals surface area contributed by atoms with Gasteiger partial charge in [-0.1, -0.05) is 6.07 Å². The monoisotopic (exact) mass is 395 g/mol. The fourth-order valence-corrected chi connectivity index (χ4v) is 4.20. The molecule has 0 unspecified atom stereocenters. The van der Waals surface area contributed by atoms with Crippen molar-refractivity contribution in [3.63, 3.8) is 0 Å². The van der Waals surface area contributed by atoms with Gasteiger partial charge in [-0.2, -0.15) is 0 Å². The number of thiophene rings is 1. The lowest BCUT2D eigenvalue weighted by atomic mass is 10.2. The van der Waals surface area contributed by atoms with Crippen molar-refractivity contribution < 1.29 is 9.59 Å². The number of aromatic nitrogens is 3. The Morgan fingerprint density at radius 2 is 2.18 bits per heavy atom. The summed E-state index contributed by atoms with van der Waals surface area (Å²) in [5.41, 5.74) is 1.64. The number of hydrogen-bond donors (Lipinski definition) is 1. The minimum atomic E-state index is -0.165. The summed E-state index contributed by atoms with van der Waals surface area (Å²) in [5.74, 6) is 1.43. The van der Waals surface area contributed by atoms with E-state index >= 15 is 0 Å². The van der Waals surface area contributed by atoms with Crippen LogP contribution in [0.4, 0.5) is 0 Å². The molecule has 0 atom stereocenters. The van der Waals surface area contributed by atoms with Crippen LogP contribution >= 0.6 is 11.3 Å². The van der Waals surface area contributed by atoms with Crippen molar-refractivity contribution in [1.29, 1.82) is 0 Å². The first-order valence-corrected chi connectivity index (χ1v) is 10.1. The second-order valence-electron chi connectivity index (χ2n) is 6.73. The summed E-state index contributed by atoms with van der Waals surface area (Å²) >= 11 is 1.61. The molecular weight excluding hydrogens is 374 g/mol. The van der Waals surface area contributed by atoms with Crippen LogP contribution in [0, 0.1) is 6.92 Å². The van der Waals surface area contributed by atoms with Gasteiger partial charge in [-0.3, -0.25) is 14.2 Å². The lowest BCUT2D eigenvalue weighted by Crippen LogP contribution is -2.40. The SMILES string of the molecule is Cc1nccn1-c1ccc(CNC(=O)CN2CCCc3sccc3C2=O)cn1. The van der Waals surface area contributed by atoms with Gasteiger partial charge in [-0.15, -0.1) is 11.3 Å². The number of amides is 2. The number of pyridine rings is 1. The van der Waals surface area contributed by atoms with E-state index in [1.165, 1.54) is 0 Å². The predicted octanol–water partition coefficient (Wildman–Crippen LogP) is 2.34. The highest BCUT2D eigenvalue weighted by Gasteiger charge is 2.24. The molecule has 2 amide bonds. The molecule has 0 aromatic carbocycles. The van der Waals surface area contributed by atoms with Crippen LogP contribution in [0.3, 0.4) is 0 Å². The molecule has 4 heterocycles. The molecule has 1 aliphatic heterocycles. The molecule has 144 valence electrons. The van der Waals surface area contributed by atoms with Crippen LogP contribution in [0.15, 0.2) is 42.2 Å². The summed E-state index contributed by atoms with van der Waals surface area (Å²) in [6.45, 7) is 2.97. The van der Waals surface area contributed by atoms with Gasteiger partial charge in [0.1, 0.15) is 11.6 Å². The van der Waals surface area contributed by atoms with Crippen molar-refractivity contribution in [2.75, 3.05) is 13.1 Å². The number of aryl methyl sites for hydroxylation is 2. The maximum absolute atomic E-state index is 12.6. The van der Waals surface area contributed by atoms with Gasteiger partial charge in [0.25, 0.3) is 5.91 Å². The number of imidazole rings is 1. The van der Waals surface area contributed by atoms with Crippen molar-refractivity contribution in [1.82, 2.24) is 24.8 Å². The molecule has 7 nitrogen and oxygen atoms in total. The molecule has 0 saturated heterocycles. The Hall–Kier alpha value is -3.00. The Balaban J connectivity index is 1.33. The average molecular weight is 395 g/mol. The van der Waals surface area contributed by atoms with E-state index in [0.717, 1.165) is 40.5 Å². The van der Waals surface area contributed by atoms with Gasteiger partial charge in [-0.05, 0) is 42.8 Å². The van der Waals surface area contributed by atoms with Crippen LogP contribution in [0.2, 0.25) is 0 Å². The number of fused-ring (bicyclic) bond motifs is 1. The number of carbonyl (C=O) groups excluding carboxylic acids is 2. The molecule has 1 N–H and O–H groups in total. The van der Waals surface area contributed by atoms with Gasteiger partial charge in [0.05, 0.1) is 12.1 Å². The molecule has 3 aromatic heterocycles. The first-order chi connectivity index (χ1) is 13.6. The summed E-state index contributed by atoms with van der Waals surface area (Å²) in [6, 6.07) is 5.68. The Kier molecular flexibility index (Phi) is 5.21. The Morgan fingerprint density at radius 1 is 1.29 bits per heavy atom. The first-order valence-electron chi connectivity index (χ1n) is 9.19. The maximum atomic E-state index is 12.6. The summed E-state index contributed by atoms with van der Waals surface area (Å²) in [4.78, 5) is 36.3. The largest absolute Gasteiger partial charge is 0.350 e.